The highest BCUT2D eigenvalue weighted by Gasteiger charge is 2.39. The molecular weight excluding hydrogens is 471 g/mol. The number of nitrogens with one attached hydrogen (secondary N) is 1. The molecular formula is C21H16F3N7O2S. The maximum Gasteiger partial charge on any atom is 0.404 e. The van der Waals surface area contributed by atoms with Crippen LogP contribution in [0, 0.1) is 18.3 Å². The summed E-state index contributed by atoms with van der Waals surface area (Å²) < 4.78 is 66.4. The Labute approximate surface area is 192 Å². The predicted octanol–water partition coefficient (Wildman–Crippen LogP) is 3.29. The van der Waals surface area contributed by atoms with Crippen LogP contribution in [0.25, 0.3) is 28.2 Å². The van der Waals surface area contributed by atoms with Crippen LogP contribution in [0.5, 0.6) is 0 Å². The summed E-state index contributed by atoms with van der Waals surface area (Å²) >= 11 is 0. The summed E-state index contributed by atoms with van der Waals surface area (Å²) in [6.07, 6.45) is 0.645. The normalized spacial score (nSPS) is 13.1. The quantitative estimate of drug-likeness (QED) is 0.458. The number of halogens is 3. The monoisotopic (exact) mass is 487 g/mol. The van der Waals surface area contributed by atoms with Gasteiger partial charge in [-0.25, -0.2) is 23.4 Å². The number of nitrogens with zero attached hydrogens (tertiary/aromatic N) is 6. The zero-order valence-corrected chi connectivity index (χ0v) is 18.6. The maximum atomic E-state index is 12.8. The van der Waals surface area contributed by atoms with E-state index in [0.29, 0.717) is 29.5 Å². The first kappa shape index (κ1) is 23.3. The lowest BCUT2D eigenvalue weighted by molar-refractivity contribution is -0.147. The molecule has 0 radical (unpaired) electrons. The zero-order valence-electron chi connectivity index (χ0n) is 17.7. The summed E-state index contributed by atoms with van der Waals surface area (Å²) in [5, 5.41) is 10.5. The standard InChI is InChI=1S/C21H16F3N7O2S/c1-12-7-15-16(8-25)19(31(20(15)28-9-12)18-5-6-26-11-29-18)17-4-3-14(10-27-17)34(32,33)30-13(2)21(22,23)24/h3-7,9-11,13,30H,1-2H3/t13-/m0/s1. The topological polar surface area (TPSA) is 126 Å². The van der Waals surface area contributed by atoms with Crippen LogP contribution >= 0.6 is 0 Å². The van der Waals surface area contributed by atoms with Crippen LogP contribution < -0.4 is 4.72 Å². The summed E-state index contributed by atoms with van der Waals surface area (Å²) in [5.41, 5.74) is 1.98. The van der Waals surface area contributed by atoms with Crippen molar-refractivity contribution < 1.29 is 21.6 Å². The molecule has 0 amide bonds. The van der Waals surface area contributed by atoms with Crippen molar-refractivity contribution in [3.63, 3.8) is 0 Å². The third-order valence-electron chi connectivity index (χ3n) is 4.96. The smallest absolute Gasteiger partial charge is 0.275 e. The second kappa shape index (κ2) is 8.47. The first-order chi connectivity index (χ1) is 16.0. The Morgan fingerprint density at radius 1 is 1.15 bits per heavy atom. The van der Waals surface area contributed by atoms with Gasteiger partial charge in [-0.15, -0.1) is 0 Å². The van der Waals surface area contributed by atoms with Crippen molar-refractivity contribution in [2.45, 2.75) is 31.0 Å². The maximum absolute atomic E-state index is 12.8. The molecule has 0 saturated heterocycles. The zero-order chi connectivity index (χ0) is 24.7. The minimum absolute atomic E-state index is 0.202. The van der Waals surface area contributed by atoms with E-state index in [2.05, 4.69) is 26.0 Å². The van der Waals surface area contributed by atoms with E-state index in [-0.39, 0.29) is 11.3 Å². The van der Waals surface area contributed by atoms with E-state index in [0.717, 1.165) is 17.8 Å². The van der Waals surface area contributed by atoms with E-state index in [9.17, 15) is 26.9 Å². The molecule has 0 saturated carbocycles. The third kappa shape index (κ3) is 4.20. The molecule has 0 bridgehead atoms. The molecule has 1 atom stereocenters. The first-order valence-corrected chi connectivity index (χ1v) is 11.2. The van der Waals surface area contributed by atoms with Gasteiger partial charge in [0.1, 0.15) is 34.8 Å². The lowest BCUT2D eigenvalue weighted by Crippen LogP contribution is -2.42. The van der Waals surface area contributed by atoms with Crippen LogP contribution in [0.2, 0.25) is 0 Å². The van der Waals surface area contributed by atoms with Crippen molar-refractivity contribution in [1.29, 1.82) is 5.26 Å². The van der Waals surface area contributed by atoms with Gasteiger partial charge in [0, 0.05) is 24.0 Å². The number of hydrogen-bond acceptors (Lipinski definition) is 7. The molecule has 4 rings (SSSR count). The third-order valence-corrected chi connectivity index (χ3v) is 6.49. The van der Waals surface area contributed by atoms with Gasteiger partial charge in [-0.2, -0.15) is 23.2 Å². The number of fused-ring (bicyclic) bond motifs is 1. The lowest BCUT2D eigenvalue weighted by atomic mass is 10.1. The Hall–Kier alpha value is -3.89. The molecule has 0 fully saturated rings. The highest BCUT2D eigenvalue weighted by atomic mass is 32.2. The summed E-state index contributed by atoms with van der Waals surface area (Å²) in [6.45, 7) is 2.52. The number of alkyl halides is 3. The van der Waals surface area contributed by atoms with Crippen LogP contribution in [0.1, 0.15) is 18.1 Å². The van der Waals surface area contributed by atoms with Gasteiger partial charge in [0.05, 0.1) is 17.0 Å². The van der Waals surface area contributed by atoms with Gasteiger partial charge in [-0.3, -0.25) is 9.55 Å². The van der Waals surface area contributed by atoms with Gasteiger partial charge >= 0.3 is 6.18 Å². The number of aromatic nitrogens is 5. The van der Waals surface area contributed by atoms with Crippen molar-refractivity contribution in [2.75, 3.05) is 0 Å². The van der Waals surface area contributed by atoms with Crippen molar-refractivity contribution in [2.24, 2.45) is 0 Å². The van der Waals surface area contributed by atoms with E-state index in [1.807, 2.05) is 6.92 Å². The van der Waals surface area contributed by atoms with Crippen LogP contribution in [-0.4, -0.2) is 45.1 Å². The highest BCUT2D eigenvalue weighted by Crippen LogP contribution is 2.34. The Balaban J connectivity index is 1.87. The van der Waals surface area contributed by atoms with Crippen LogP contribution in [0.3, 0.4) is 0 Å². The molecule has 0 unspecified atom stereocenters. The van der Waals surface area contributed by atoms with Crippen molar-refractivity contribution >= 4 is 21.1 Å². The molecule has 0 aliphatic heterocycles. The average molecular weight is 487 g/mol. The van der Waals surface area contributed by atoms with Gasteiger partial charge in [-0.1, -0.05) is 0 Å². The van der Waals surface area contributed by atoms with Crippen molar-refractivity contribution in [3.8, 4) is 23.3 Å². The van der Waals surface area contributed by atoms with E-state index in [4.69, 9.17) is 0 Å². The number of nitriles is 1. The van der Waals surface area contributed by atoms with Gasteiger partial charge in [0.25, 0.3) is 0 Å². The van der Waals surface area contributed by atoms with E-state index < -0.39 is 27.1 Å². The number of sulfonamides is 1. The molecule has 34 heavy (non-hydrogen) atoms. The van der Waals surface area contributed by atoms with Crippen LogP contribution in [0.15, 0.2) is 54.1 Å². The number of aryl methyl sites for hydroxylation is 1. The second-order valence-corrected chi connectivity index (χ2v) is 9.10. The Morgan fingerprint density at radius 3 is 2.50 bits per heavy atom. The van der Waals surface area contributed by atoms with Crippen LogP contribution in [-0.2, 0) is 10.0 Å². The summed E-state index contributed by atoms with van der Waals surface area (Å²) in [6, 6.07) is 5.68. The molecule has 0 aromatic carbocycles. The van der Waals surface area contributed by atoms with Gasteiger partial charge in [-0.05, 0) is 43.7 Å². The number of pyridine rings is 2. The Kier molecular flexibility index (Phi) is 5.80. The van der Waals surface area contributed by atoms with E-state index in [1.165, 1.54) is 18.6 Å². The molecule has 0 aliphatic carbocycles. The van der Waals surface area contributed by atoms with Gasteiger partial charge in [0.15, 0.2) is 0 Å². The first-order valence-electron chi connectivity index (χ1n) is 9.76. The minimum Gasteiger partial charge on any atom is -0.275 e. The fourth-order valence-electron chi connectivity index (χ4n) is 3.31. The summed E-state index contributed by atoms with van der Waals surface area (Å²) in [4.78, 5) is 16.3. The van der Waals surface area contributed by atoms with E-state index >= 15 is 0 Å². The highest BCUT2D eigenvalue weighted by molar-refractivity contribution is 7.89. The van der Waals surface area contributed by atoms with E-state index in [1.54, 1.807) is 27.6 Å². The fourth-order valence-corrected chi connectivity index (χ4v) is 4.48. The van der Waals surface area contributed by atoms with Crippen LogP contribution in [0.4, 0.5) is 13.2 Å². The molecule has 0 aliphatic rings. The number of rotatable bonds is 5. The van der Waals surface area contributed by atoms with Gasteiger partial charge < -0.3 is 0 Å². The molecule has 9 nitrogen and oxygen atoms in total. The van der Waals surface area contributed by atoms with Gasteiger partial charge in [0.2, 0.25) is 10.0 Å². The second-order valence-electron chi connectivity index (χ2n) is 7.39. The molecule has 13 heteroatoms. The Bertz CT molecular complexity index is 1510. The minimum atomic E-state index is -4.74. The largest absolute Gasteiger partial charge is 0.404 e. The molecule has 174 valence electrons. The molecule has 1 N–H and O–H groups in total. The average Bonchev–Trinajstić information content (AvgIpc) is 3.12. The fraction of sp³-hybridized carbons (Fsp3) is 0.190. The number of hydrogen-bond donors (Lipinski definition) is 1. The van der Waals surface area contributed by atoms with Crippen molar-refractivity contribution in [3.05, 3.63) is 60.3 Å². The predicted molar refractivity (Wildman–Crippen MR) is 115 cm³/mol. The lowest BCUT2D eigenvalue weighted by Gasteiger charge is -2.17. The molecule has 0 spiro atoms. The Morgan fingerprint density at radius 2 is 1.91 bits per heavy atom. The molecule has 4 heterocycles. The SMILES string of the molecule is Cc1cnc2c(c1)c(C#N)c(-c1ccc(S(=O)(=O)N[C@@H](C)C(F)(F)F)cn1)n2-c1ccncn1. The summed E-state index contributed by atoms with van der Waals surface area (Å²) in [5.74, 6) is 0.395. The molecule has 4 aromatic rings. The van der Waals surface area contributed by atoms with Crippen molar-refractivity contribution in [1.82, 2.24) is 29.2 Å². The molecule has 4 aromatic heterocycles. The summed E-state index contributed by atoms with van der Waals surface area (Å²) in [7, 11) is -4.49.